The van der Waals surface area contributed by atoms with E-state index in [1.807, 2.05) is 13.8 Å². The zero-order valence-electron chi connectivity index (χ0n) is 13.1. The molecule has 0 spiro atoms. The number of nitrogens with zero attached hydrogens (tertiary/aromatic N) is 1. The molecule has 0 rings (SSSR count). The van der Waals surface area contributed by atoms with Crippen molar-refractivity contribution in [1.82, 2.24) is 10.2 Å². The molecule has 0 radical (unpaired) electrons. The summed E-state index contributed by atoms with van der Waals surface area (Å²) in [6.45, 7) is 7.86. The highest BCUT2D eigenvalue weighted by Crippen LogP contribution is 2.19. The van der Waals surface area contributed by atoms with E-state index in [0.717, 1.165) is 19.4 Å². The van der Waals surface area contributed by atoms with Gasteiger partial charge in [-0.25, -0.2) is 0 Å². The monoisotopic (exact) mass is 298 g/mol. The fraction of sp³-hybridized carbons (Fsp3) is 1.00. The molecule has 0 amide bonds. The largest absolute Gasteiger partial charge is 0.401 e. The van der Waals surface area contributed by atoms with Gasteiger partial charge in [0, 0.05) is 11.6 Å². The highest BCUT2D eigenvalue weighted by atomic mass is 19.4. The number of aliphatic hydroxyl groups is 1. The van der Waals surface area contributed by atoms with Crippen molar-refractivity contribution in [3.8, 4) is 0 Å². The van der Waals surface area contributed by atoms with Gasteiger partial charge in [-0.15, -0.1) is 0 Å². The van der Waals surface area contributed by atoms with E-state index in [1.54, 1.807) is 13.8 Å². The predicted molar refractivity (Wildman–Crippen MR) is 75.8 cm³/mol. The number of nitrogens with one attached hydrogen (secondary N) is 1. The van der Waals surface area contributed by atoms with Gasteiger partial charge in [0.25, 0.3) is 0 Å². The van der Waals surface area contributed by atoms with Crippen LogP contribution in [0, 0.1) is 0 Å². The van der Waals surface area contributed by atoms with Crippen molar-refractivity contribution in [1.29, 1.82) is 0 Å². The molecule has 0 heterocycles. The topological polar surface area (TPSA) is 35.5 Å². The Labute approximate surface area is 120 Å². The Bertz CT molecular complexity index is 259. The van der Waals surface area contributed by atoms with Gasteiger partial charge in [-0.1, -0.05) is 13.3 Å². The van der Waals surface area contributed by atoms with Gasteiger partial charge in [-0.3, -0.25) is 4.90 Å². The van der Waals surface area contributed by atoms with E-state index >= 15 is 0 Å². The van der Waals surface area contributed by atoms with Crippen molar-refractivity contribution in [3.63, 3.8) is 0 Å². The molecule has 0 aromatic heterocycles. The predicted octanol–water partition coefficient (Wildman–Crippen LogP) is 2.79. The lowest BCUT2D eigenvalue weighted by Crippen LogP contribution is -2.45. The van der Waals surface area contributed by atoms with Gasteiger partial charge in [-0.05, 0) is 46.7 Å². The minimum Gasteiger partial charge on any atom is -0.394 e. The van der Waals surface area contributed by atoms with Crippen molar-refractivity contribution in [2.24, 2.45) is 0 Å². The van der Waals surface area contributed by atoms with E-state index in [2.05, 4.69) is 5.32 Å². The molecule has 6 heteroatoms. The first-order valence-corrected chi connectivity index (χ1v) is 7.30. The van der Waals surface area contributed by atoms with E-state index in [9.17, 15) is 18.3 Å². The van der Waals surface area contributed by atoms with Crippen molar-refractivity contribution in [3.05, 3.63) is 0 Å². The number of halogens is 3. The van der Waals surface area contributed by atoms with E-state index < -0.39 is 12.7 Å². The van der Waals surface area contributed by atoms with Gasteiger partial charge in [0.2, 0.25) is 0 Å². The van der Waals surface area contributed by atoms with Crippen LogP contribution in [-0.2, 0) is 0 Å². The van der Waals surface area contributed by atoms with Crippen LogP contribution in [0.5, 0.6) is 0 Å². The van der Waals surface area contributed by atoms with Gasteiger partial charge in [-0.2, -0.15) is 13.2 Å². The second-order valence-corrected chi connectivity index (χ2v) is 5.89. The van der Waals surface area contributed by atoms with E-state index in [4.69, 9.17) is 0 Å². The molecular weight excluding hydrogens is 269 g/mol. The average Bonchev–Trinajstić information content (AvgIpc) is 2.32. The van der Waals surface area contributed by atoms with Crippen LogP contribution in [0.4, 0.5) is 13.2 Å². The molecular formula is C14H29F3N2O. The van der Waals surface area contributed by atoms with Crippen molar-refractivity contribution in [2.75, 3.05) is 26.2 Å². The molecule has 0 bridgehead atoms. The molecule has 3 nitrogen and oxygen atoms in total. The van der Waals surface area contributed by atoms with Crippen LogP contribution in [-0.4, -0.2) is 54.0 Å². The van der Waals surface area contributed by atoms with Crippen LogP contribution in [0.1, 0.15) is 47.0 Å². The Morgan fingerprint density at radius 3 is 2.20 bits per heavy atom. The number of hydrogen-bond acceptors (Lipinski definition) is 3. The van der Waals surface area contributed by atoms with Crippen LogP contribution >= 0.6 is 0 Å². The zero-order chi connectivity index (χ0) is 15.8. The molecule has 0 aliphatic carbocycles. The van der Waals surface area contributed by atoms with E-state index in [1.165, 1.54) is 4.90 Å². The van der Waals surface area contributed by atoms with Crippen molar-refractivity contribution < 1.29 is 18.3 Å². The normalized spacial score (nSPS) is 15.9. The van der Waals surface area contributed by atoms with Crippen LogP contribution < -0.4 is 5.32 Å². The van der Waals surface area contributed by atoms with Gasteiger partial charge in [0.15, 0.2) is 0 Å². The van der Waals surface area contributed by atoms with Crippen LogP contribution in [0.25, 0.3) is 0 Å². The second-order valence-electron chi connectivity index (χ2n) is 5.89. The summed E-state index contributed by atoms with van der Waals surface area (Å²) in [6, 6.07) is -0.116. The first kappa shape index (κ1) is 19.7. The van der Waals surface area contributed by atoms with Gasteiger partial charge < -0.3 is 10.4 Å². The SMILES string of the molecule is CCNC(C)(CO)CCCCN(CC(F)(F)F)C(C)C. The lowest BCUT2D eigenvalue weighted by molar-refractivity contribution is -0.149. The summed E-state index contributed by atoms with van der Waals surface area (Å²) in [6.07, 6.45) is -1.89. The molecule has 0 saturated heterocycles. The summed E-state index contributed by atoms with van der Waals surface area (Å²) in [4.78, 5) is 1.45. The molecule has 0 aromatic rings. The molecule has 2 N–H and O–H groups in total. The highest BCUT2D eigenvalue weighted by Gasteiger charge is 2.31. The summed E-state index contributed by atoms with van der Waals surface area (Å²) in [7, 11) is 0. The van der Waals surface area contributed by atoms with E-state index in [0.29, 0.717) is 13.0 Å². The summed E-state index contributed by atoms with van der Waals surface area (Å²) in [5, 5.41) is 12.6. The quantitative estimate of drug-likeness (QED) is 0.609. The Kier molecular flexibility index (Phi) is 8.70. The average molecular weight is 298 g/mol. The van der Waals surface area contributed by atoms with Crippen LogP contribution in [0.2, 0.25) is 0 Å². The fourth-order valence-corrected chi connectivity index (χ4v) is 2.23. The number of hydrogen-bond donors (Lipinski definition) is 2. The molecule has 0 aliphatic heterocycles. The standard InChI is InChI=1S/C14H29F3N2O/c1-5-18-13(4,11-20)8-6-7-9-19(12(2)3)10-14(15,16)17/h12,18,20H,5-11H2,1-4H3. The number of alkyl halides is 3. The molecule has 0 saturated carbocycles. The summed E-state index contributed by atoms with van der Waals surface area (Å²) < 4.78 is 37.3. The lowest BCUT2D eigenvalue weighted by Gasteiger charge is -2.30. The maximum atomic E-state index is 12.4. The van der Waals surface area contributed by atoms with Crippen LogP contribution in [0.15, 0.2) is 0 Å². The Morgan fingerprint density at radius 1 is 1.20 bits per heavy atom. The third-order valence-corrected chi connectivity index (χ3v) is 3.49. The second kappa shape index (κ2) is 8.85. The minimum atomic E-state index is -4.15. The molecule has 20 heavy (non-hydrogen) atoms. The third-order valence-electron chi connectivity index (χ3n) is 3.49. The molecule has 122 valence electrons. The molecule has 1 unspecified atom stereocenters. The first-order chi connectivity index (χ1) is 9.13. The fourth-order valence-electron chi connectivity index (χ4n) is 2.23. The number of unbranched alkanes of at least 4 members (excludes halogenated alkanes) is 1. The number of rotatable bonds is 10. The summed E-state index contributed by atoms with van der Waals surface area (Å²) in [5.41, 5.74) is -0.332. The smallest absolute Gasteiger partial charge is 0.394 e. The third kappa shape index (κ3) is 8.76. The lowest BCUT2D eigenvalue weighted by atomic mass is 9.95. The highest BCUT2D eigenvalue weighted by molar-refractivity contribution is 4.81. The van der Waals surface area contributed by atoms with Crippen molar-refractivity contribution in [2.45, 2.75) is 64.7 Å². The molecule has 1 atom stereocenters. The Balaban J connectivity index is 4.12. The van der Waals surface area contributed by atoms with Crippen LogP contribution in [0.3, 0.4) is 0 Å². The molecule has 0 aliphatic rings. The Hall–Kier alpha value is -0.330. The number of aliphatic hydroxyl groups excluding tert-OH is 1. The zero-order valence-corrected chi connectivity index (χ0v) is 13.1. The van der Waals surface area contributed by atoms with Gasteiger partial charge in [0.1, 0.15) is 0 Å². The van der Waals surface area contributed by atoms with Gasteiger partial charge >= 0.3 is 6.18 Å². The molecule has 0 fully saturated rings. The summed E-state index contributed by atoms with van der Waals surface area (Å²) in [5.74, 6) is 0. The maximum absolute atomic E-state index is 12.4. The number of likely N-dealkylation sites (N-methyl/N-ethyl adjacent to an activating group) is 1. The summed E-state index contributed by atoms with van der Waals surface area (Å²) >= 11 is 0. The minimum absolute atomic E-state index is 0.0390. The van der Waals surface area contributed by atoms with E-state index in [-0.39, 0.29) is 18.2 Å². The maximum Gasteiger partial charge on any atom is 0.401 e. The van der Waals surface area contributed by atoms with Crippen molar-refractivity contribution >= 4 is 0 Å². The Morgan fingerprint density at radius 2 is 1.80 bits per heavy atom. The van der Waals surface area contributed by atoms with Gasteiger partial charge in [0.05, 0.1) is 13.2 Å². The first-order valence-electron chi connectivity index (χ1n) is 7.30. The molecule has 0 aromatic carbocycles.